The number of ether oxygens (including phenoxy) is 3. The summed E-state index contributed by atoms with van der Waals surface area (Å²) in [4.78, 5) is 28.8. The molecule has 50 heavy (non-hydrogen) atoms. The Bertz CT molecular complexity index is 1780. The van der Waals surface area contributed by atoms with Gasteiger partial charge in [0.2, 0.25) is 5.13 Å². The maximum Gasteiger partial charge on any atom is 0.301 e. The lowest BCUT2D eigenvalue weighted by atomic mass is 9.95. The van der Waals surface area contributed by atoms with Crippen molar-refractivity contribution in [3.8, 4) is 17.2 Å². The van der Waals surface area contributed by atoms with Crippen LogP contribution in [0.5, 0.6) is 17.2 Å². The van der Waals surface area contributed by atoms with E-state index in [0.29, 0.717) is 51.7 Å². The zero-order chi connectivity index (χ0) is 35.5. The molecule has 3 aromatic carbocycles. The highest BCUT2D eigenvalue weighted by Gasteiger charge is 2.48. The van der Waals surface area contributed by atoms with Gasteiger partial charge in [-0.15, -0.1) is 10.2 Å². The first-order valence-corrected chi connectivity index (χ1v) is 18.7. The quantitative estimate of drug-likeness (QED) is 0.0269. The van der Waals surface area contributed by atoms with Gasteiger partial charge >= 0.3 is 5.91 Å². The van der Waals surface area contributed by atoms with E-state index in [4.69, 9.17) is 14.2 Å². The van der Waals surface area contributed by atoms with Crippen LogP contribution in [0.2, 0.25) is 0 Å². The first-order valence-electron chi connectivity index (χ1n) is 16.9. The molecule has 0 saturated carbocycles. The second-order valence-electron chi connectivity index (χ2n) is 11.8. The molecule has 1 atom stereocenters. The number of hydrogen-bond acceptors (Lipinski definition) is 10. The Kier molecular flexibility index (Phi) is 13.3. The van der Waals surface area contributed by atoms with Crippen molar-refractivity contribution >= 4 is 45.7 Å². The van der Waals surface area contributed by atoms with Crippen LogP contribution in [0.25, 0.3) is 5.76 Å². The van der Waals surface area contributed by atoms with Crippen LogP contribution in [0.1, 0.15) is 81.5 Å². The summed E-state index contributed by atoms with van der Waals surface area (Å²) in [5.41, 5.74) is 1.69. The number of rotatable bonds is 18. The lowest BCUT2D eigenvalue weighted by Gasteiger charge is -2.23. The lowest BCUT2D eigenvalue weighted by Crippen LogP contribution is -2.29. The van der Waals surface area contributed by atoms with E-state index in [1.54, 1.807) is 54.6 Å². The number of aromatic nitrogens is 2. The fourth-order valence-corrected chi connectivity index (χ4v) is 7.31. The Morgan fingerprint density at radius 2 is 1.60 bits per heavy atom. The second-order valence-corrected chi connectivity index (χ2v) is 14.0. The van der Waals surface area contributed by atoms with Gasteiger partial charge in [0, 0.05) is 11.3 Å². The van der Waals surface area contributed by atoms with Gasteiger partial charge in [0.25, 0.3) is 5.78 Å². The molecule has 0 aliphatic carbocycles. The predicted molar refractivity (Wildman–Crippen MR) is 195 cm³/mol. The topological polar surface area (TPSA) is 111 Å². The third kappa shape index (κ3) is 9.02. The molecule has 1 saturated heterocycles. The van der Waals surface area contributed by atoms with Crippen molar-refractivity contribution in [3.63, 3.8) is 0 Å². The molecule has 12 heteroatoms. The van der Waals surface area contributed by atoms with E-state index >= 15 is 0 Å². The Labute approximate surface area is 300 Å². The number of amides is 1. The normalized spacial score (nSPS) is 15.4. The maximum absolute atomic E-state index is 13.8. The summed E-state index contributed by atoms with van der Waals surface area (Å²) in [5, 5.41) is 20.4. The molecular formula is C38H42FN3O6S2. The molecule has 0 spiro atoms. The minimum atomic E-state index is -1.03. The van der Waals surface area contributed by atoms with Gasteiger partial charge in [-0.1, -0.05) is 87.2 Å². The number of carbonyl (C=O) groups is 2. The third-order valence-corrected chi connectivity index (χ3v) is 10.4. The highest BCUT2D eigenvalue weighted by Crippen LogP contribution is 2.45. The van der Waals surface area contributed by atoms with Crippen molar-refractivity contribution in [2.75, 3.05) is 25.2 Å². The smallest absolute Gasteiger partial charge is 0.301 e. The molecule has 5 rings (SSSR count). The molecule has 1 aliphatic rings. The van der Waals surface area contributed by atoms with Crippen LogP contribution in [-0.2, 0) is 15.3 Å². The molecule has 1 aliphatic heterocycles. The Hall–Kier alpha value is -4.42. The molecule has 0 unspecified atom stereocenters. The number of anilines is 1. The summed E-state index contributed by atoms with van der Waals surface area (Å²) in [7, 11) is 1.53. The lowest BCUT2D eigenvalue weighted by molar-refractivity contribution is -0.132. The van der Waals surface area contributed by atoms with Gasteiger partial charge in [-0.25, -0.2) is 4.39 Å². The minimum absolute atomic E-state index is 0.0861. The van der Waals surface area contributed by atoms with Gasteiger partial charge in [-0.2, -0.15) is 0 Å². The average Bonchev–Trinajstić information content (AvgIpc) is 3.71. The summed E-state index contributed by atoms with van der Waals surface area (Å²) < 4.78 is 31.5. The molecule has 264 valence electrons. The molecule has 1 fully saturated rings. The summed E-state index contributed by atoms with van der Waals surface area (Å²) in [6.45, 7) is 5.35. The molecule has 1 amide bonds. The van der Waals surface area contributed by atoms with Gasteiger partial charge in [-0.3, -0.25) is 14.5 Å². The summed E-state index contributed by atoms with van der Waals surface area (Å²) in [6.07, 6.45) is 7.40. The molecule has 0 radical (unpaired) electrons. The Morgan fingerprint density at radius 1 is 0.880 bits per heavy atom. The summed E-state index contributed by atoms with van der Waals surface area (Å²) in [5.74, 6) is -0.212. The molecule has 1 N–H and O–H groups in total. The van der Waals surface area contributed by atoms with E-state index in [-0.39, 0.29) is 22.3 Å². The Morgan fingerprint density at radius 3 is 2.32 bits per heavy atom. The number of nitrogens with zero attached hydrogens (tertiary/aromatic N) is 3. The van der Waals surface area contributed by atoms with Crippen LogP contribution in [0.3, 0.4) is 0 Å². The third-order valence-electron chi connectivity index (χ3n) is 8.23. The van der Waals surface area contributed by atoms with E-state index in [2.05, 4.69) is 24.0 Å². The van der Waals surface area contributed by atoms with Crippen LogP contribution in [0.15, 0.2) is 76.6 Å². The van der Waals surface area contributed by atoms with Crippen molar-refractivity contribution in [1.29, 1.82) is 0 Å². The van der Waals surface area contributed by atoms with E-state index in [1.807, 2.05) is 0 Å². The fourth-order valence-electron chi connectivity index (χ4n) is 5.49. The van der Waals surface area contributed by atoms with Gasteiger partial charge in [0.05, 0.1) is 31.9 Å². The van der Waals surface area contributed by atoms with E-state index in [0.717, 1.165) is 55.4 Å². The second kappa shape index (κ2) is 18.0. The standard InChI is InChI=1S/C38H42FN3O6S2/c1-4-6-8-9-10-22-48-30-20-15-27(23-31(30)46-3)33-32(34(43)26-13-18-29(19-14-26)47-21-7-5-2)35(44)36(45)42(33)37-40-41-38(50-37)49-24-25-11-16-28(39)17-12-25/h11-20,23,33,43H,4-10,21-22,24H2,1-3H3/t33-/m1/s1. The molecular weight excluding hydrogens is 678 g/mol. The monoisotopic (exact) mass is 719 g/mol. The number of benzene rings is 3. The largest absolute Gasteiger partial charge is 0.507 e. The maximum atomic E-state index is 13.8. The number of aliphatic hydroxyl groups is 1. The number of methoxy groups -OCH3 is 1. The number of thioether (sulfide) groups is 1. The predicted octanol–water partition coefficient (Wildman–Crippen LogP) is 9.13. The molecule has 0 bridgehead atoms. The van der Waals surface area contributed by atoms with E-state index in [9.17, 15) is 19.1 Å². The van der Waals surface area contributed by atoms with Crippen molar-refractivity contribution in [3.05, 3.63) is 94.8 Å². The highest BCUT2D eigenvalue weighted by molar-refractivity contribution is 8.00. The number of halogens is 1. The van der Waals surface area contributed by atoms with Gasteiger partial charge in [0.15, 0.2) is 15.8 Å². The minimum Gasteiger partial charge on any atom is -0.507 e. The molecule has 9 nitrogen and oxygen atoms in total. The van der Waals surface area contributed by atoms with Crippen molar-refractivity contribution in [2.24, 2.45) is 0 Å². The zero-order valence-electron chi connectivity index (χ0n) is 28.5. The number of hydrogen-bond donors (Lipinski definition) is 1. The van der Waals surface area contributed by atoms with Crippen LogP contribution in [0, 0.1) is 5.82 Å². The molecule has 1 aromatic heterocycles. The Balaban J connectivity index is 1.48. The van der Waals surface area contributed by atoms with Gasteiger partial charge in [0.1, 0.15) is 17.3 Å². The summed E-state index contributed by atoms with van der Waals surface area (Å²) in [6, 6.07) is 17.2. The zero-order valence-corrected chi connectivity index (χ0v) is 30.2. The SMILES string of the molecule is CCCCCCCOc1ccc([C@@H]2C(=C(O)c3ccc(OCCCC)cc3)C(=O)C(=O)N2c2nnc(SCc3ccc(F)cc3)s2)cc1OC. The van der Waals surface area contributed by atoms with Crippen molar-refractivity contribution in [2.45, 2.75) is 74.9 Å². The number of unbranched alkanes of at least 4 members (excludes halogenated alkanes) is 5. The molecule has 2 heterocycles. The first kappa shape index (κ1) is 36.9. The number of aliphatic hydroxyl groups excluding tert-OH is 1. The summed E-state index contributed by atoms with van der Waals surface area (Å²) >= 11 is 2.53. The van der Waals surface area contributed by atoms with Crippen molar-refractivity contribution < 1.29 is 33.3 Å². The van der Waals surface area contributed by atoms with E-state index in [1.165, 1.54) is 42.3 Å². The van der Waals surface area contributed by atoms with Crippen LogP contribution >= 0.6 is 23.1 Å². The fraction of sp³-hybridized carbons (Fsp3) is 0.368. The average molecular weight is 720 g/mol. The van der Waals surface area contributed by atoms with Crippen LogP contribution in [0.4, 0.5) is 9.52 Å². The highest BCUT2D eigenvalue weighted by atomic mass is 32.2. The van der Waals surface area contributed by atoms with E-state index < -0.39 is 17.7 Å². The first-order chi connectivity index (χ1) is 24.3. The van der Waals surface area contributed by atoms with Crippen molar-refractivity contribution in [1.82, 2.24) is 10.2 Å². The van der Waals surface area contributed by atoms with Crippen LogP contribution < -0.4 is 19.1 Å². The van der Waals surface area contributed by atoms with Crippen LogP contribution in [-0.4, -0.2) is 47.3 Å². The molecule has 4 aromatic rings. The number of carbonyl (C=O) groups excluding carboxylic acids is 2. The van der Waals surface area contributed by atoms with Gasteiger partial charge < -0.3 is 19.3 Å². The number of Topliss-reactive ketones (excluding diaryl/α,β-unsaturated/α-hetero) is 1. The van der Waals surface area contributed by atoms with Gasteiger partial charge in [-0.05, 0) is 72.5 Å². The number of ketones is 1.